The highest BCUT2D eigenvalue weighted by molar-refractivity contribution is 6.31. The molecule has 6 heteroatoms. The SMILES string of the molecule is CC[C@@H](Nc1cc(CNCCC(C)O)c(Cl)cn1)c1ccc(Cl)c(C)c1. The monoisotopic (exact) mass is 395 g/mol. The Morgan fingerprint density at radius 1 is 1.19 bits per heavy atom. The maximum absolute atomic E-state index is 9.33. The van der Waals surface area contributed by atoms with E-state index in [9.17, 15) is 5.11 Å². The van der Waals surface area contributed by atoms with E-state index in [0.717, 1.165) is 34.9 Å². The van der Waals surface area contributed by atoms with Gasteiger partial charge in [-0.15, -0.1) is 0 Å². The van der Waals surface area contributed by atoms with E-state index in [1.165, 1.54) is 5.56 Å². The Bertz CT molecular complexity index is 722. The number of aryl methyl sites for hydroxylation is 1. The van der Waals surface area contributed by atoms with E-state index in [4.69, 9.17) is 23.2 Å². The number of aliphatic hydroxyl groups excluding tert-OH is 1. The zero-order chi connectivity index (χ0) is 19.1. The standard InChI is InChI=1S/C20H27Cl2N3O/c1-4-19(15-5-6-17(21)13(2)9-15)25-20-10-16(18(22)12-24-20)11-23-8-7-14(3)26/h5-6,9-10,12,14,19,23,26H,4,7-8,11H2,1-3H3,(H,24,25)/t14?,19-/m1/s1. The molecule has 3 N–H and O–H groups in total. The first kappa shape index (κ1) is 21.0. The molecule has 0 radical (unpaired) electrons. The number of hydrogen-bond acceptors (Lipinski definition) is 4. The molecule has 0 saturated carbocycles. The molecule has 0 aliphatic rings. The van der Waals surface area contributed by atoms with Crippen molar-refractivity contribution in [2.45, 2.75) is 52.3 Å². The number of anilines is 1. The summed E-state index contributed by atoms with van der Waals surface area (Å²) in [4.78, 5) is 4.41. The van der Waals surface area contributed by atoms with Gasteiger partial charge in [0.05, 0.1) is 17.2 Å². The van der Waals surface area contributed by atoms with Gasteiger partial charge in [0.2, 0.25) is 0 Å². The van der Waals surface area contributed by atoms with Gasteiger partial charge in [0.1, 0.15) is 5.82 Å². The van der Waals surface area contributed by atoms with Crippen molar-refractivity contribution in [3.05, 3.63) is 57.2 Å². The number of pyridine rings is 1. The Kier molecular flexibility index (Phi) is 8.16. The van der Waals surface area contributed by atoms with Crippen molar-refractivity contribution in [3.63, 3.8) is 0 Å². The van der Waals surface area contributed by atoms with Crippen molar-refractivity contribution < 1.29 is 5.11 Å². The van der Waals surface area contributed by atoms with Crippen LogP contribution in [0.1, 0.15) is 49.4 Å². The van der Waals surface area contributed by atoms with Gasteiger partial charge in [-0.3, -0.25) is 0 Å². The van der Waals surface area contributed by atoms with Gasteiger partial charge >= 0.3 is 0 Å². The van der Waals surface area contributed by atoms with Gasteiger partial charge in [-0.2, -0.15) is 0 Å². The molecule has 0 spiro atoms. The average molecular weight is 396 g/mol. The zero-order valence-corrected chi connectivity index (χ0v) is 17.0. The Hall–Kier alpha value is -1.33. The van der Waals surface area contributed by atoms with Gasteiger partial charge in [-0.25, -0.2) is 4.98 Å². The fraction of sp³-hybridized carbons (Fsp3) is 0.450. The third-order valence-corrected chi connectivity index (χ3v) is 5.07. The third kappa shape index (κ3) is 6.13. The molecule has 1 unspecified atom stereocenters. The minimum Gasteiger partial charge on any atom is -0.393 e. The van der Waals surface area contributed by atoms with Crippen LogP contribution in [-0.2, 0) is 6.54 Å². The molecule has 142 valence electrons. The Morgan fingerprint density at radius 2 is 1.96 bits per heavy atom. The predicted octanol–water partition coefficient (Wildman–Crippen LogP) is 5.12. The number of halogens is 2. The average Bonchev–Trinajstić information content (AvgIpc) is 2.61. The number of aromatic nitrogens is 1. The lowest BCUT2D eigenvalue weighted by atomic mass is 10.0. The Balaban J connectivity index is 2.07. The molecule has 4 nitrogen and oxygen atoms in total. The minimum atomic E-state index is -0.305. The first-order chi connectivity index (χ1) is 12.4. The second-order valence-corrected chi connectivity index (χ2v) is 7.40. The fourth-order valence-corrected chi connectivity index (χ4v) is 3.00. The third-order valence-electron chi connectivity index (χ3n) is 4.30. The first-order valence-electron chi connectivity index (χ1n) is 8.96. The summed E-state index contributed by atoms with van der Waals surface area (Å²) in [5, 5.41) is 17.5. The van der Waals surface area contributed by atoms with Crippen molar-refractivity contribution in [2.75, 3.05) is 11.9 Å². The number of nitrogens with zero attached hydrogens (tertiary/aromatic N) is 1. The summed E-state index contributed by atoms with van der Waals surface area (Å²) in [6, 6.07) is 8.21. The van der Waals surface area contributed by atoms with Crippen LogP contribution < -0.4 is 10.6 Å². The number of nitrogens with one attached hydrogen (secondary N) is 2. The van der Waals surface area contributed by atoms with E-state index < -0.39 is 0 Å². The fourth-order valence-electron chi connectivity index (χ4n) is 2.71. The molecule has 2 atom stereocenters. The summed E-state index contributed by atoms with van der Waals surface area (Å²) in [5.74, 6) is 0.793. The topological polar surface area (TPSA) is 57.2 Å². The largest absolute Gasteiger partial charge is 0.393 e. The van der Waals surface area contributed by atoms with E-state index in [1.54, 1.807) is 13.1 Å². The van der Waals surface area contributed by atoms with Crippen molar-refractivity contribution in [1.29, 1.82) is 0 Å². The molecule has 2 aromatic rings. The summed E-state index contributed by atoms with van der Waals surface area (Å²) in [7, 11) is 0. The predicted molar refractivity (Wildman–Crippen MR) is 110 cm³/mol. The van der Waals surface area contributed by atoms with Gasteiger partial charge in [-0.1, -0.05) is 42.3 Å². The molecular formula is C20H27Cl2N3O. The van der Waals surface area contributed by atoms with Crippen molar-refractivity contribution in [3.8, 4) is 0 Å². The number of hydrogen-bond donors (Lipinski definition) is 3. The molecule has 0 aliphatic carbocycles. The van der Waals surface area contributed by atoms with E-state index in [2.05, 4.69) is 28.6 Å². The van der Waals surface area contributed by atoms with Gasteiger partial charge in [-0.05, 0) is 62.1 Å². The maximum atomic E-state index is 9.33. The summed E-state index contributed by atoms with van der Waals surface area (Å²) in [5.41, 5.74) is 3.23. The molecule has 0 amide bonds. The molecule has 1 aromatic carbocycles. The van der Waals surface area contributed by atoms with Crippen LogP contribution >= 0.6 is 23.2 Å². The van der Waals surface area contributed by atoms with Crippen LogP contribution in [0.2, 0.25) is 10.0 Å². The van der Waals surface area contributed by atoms with Crippen LogP contribution in [0.4, 0.5) is 5.82 Å². The Labute approximate surface area is 165 Å². The normalized spacial score (nSPS) is 13.5. The lowest BCUT2D eigenvalue weighted by Gasteiger charge is -2.20. The second kappa shape index (κ2) is 10.1. The van der Waals surface area contributed by atoms with Crippen LogP contribution in [0.3, 0.4) is 0 Å². The lowest BCUT2D eigenvalue weighted by molar-refractivity contribution is 0.183. The van der Waals surface area contributed by atoms with Crippen LogP contribution in [0.5, 0.6) is 0 Å². The van der Waals surface area contributed by atoms with E-state index in [0.29, 0.717) is 18.0 Å². The van der Waals surface area contributed by atoms with Gasteiger partial charge in [0.25, 0.3) is 0 Å². The van der Waals surface area contributed by atoms with Crippen LogP contribution in [-0.4, -0.2) is 22.7 Å². The lowest BCUT2D eigenvalue weighted by Crippen LogP contribution is -2.19. The smallest absolute Gasteiger partial charge is 0.126 e. The van der Waals surface area contributed by atoms with Gasteiger partial charge in [0.15, 0.2) is 0 Å². The van der Waals surface area contributed by atoms with Crippen LogP contribution in [0.15, 0.2) is 30.5 Å². The highest BCUT2D eigenvalue weighted by Crippen LogP contribution is 2.27. The van der Waals surface area contributed by atoms with Crippen molar-refractivity contribution in [2.24, 2.45) is 0 Å². The highest BCUT2D eigenvalue weighted by Gasteiger charge is 2.12. The summed E-state index contributed by atoms with van der Waals surface area (Å²) in [6.45, 7) is 7.30. The highest BCUT2D eigenvalue weighted by atomic mass is 35.5. The van der Waals surface area contributed by atoms with Crippen molar-refractivity contribution in [1.82, 2.24) is 10.3 Å². The molecule has 1 aromatic heterocycles. The summed E-state index contributed by atoms with van der Waals surface area (Å²) >= 11 is 12.4. The Morgan fingerprint density at radius 3 is 2.62 bits per heavy atom. The summed E-state index contributed by atoms with van der Waals surface area (Å²) < 4.78 is 0. The molecular weight excluding hydrogens is 369 g/mol. The maximum Gasteiger partial charge on any atom is 0.126 e. The zero-order valence-electron chi connectivity index (χ0n) is 15.5. The second-order valence-electron chi connectivity index (χ2n) is 6.59. The molecule has 0 saturated heterocycles. The first-order valence-corrected chi connectivity index (χ1v) is 9.72. The van der Waals surface area contributed by atoms with Crippen LogP contribution in [0.25, 0.3) is 0 Å². The van der Waals surface area contributed by atoms with Gasteiger partial charge in [0, 0.05) is 17.8 Å². The van der Waals surface area contributed by atoms with E-state index in [-0.39, 0.29) is 12.1 Å². The van der Waals surface area contributed by atoms with E-state index in [1.807, 2.05) is 25.1 Å². The van der Waals surface area contributed by atoms with Crippen molar-refractivity contribution >= 4 is 29.0 Å². The molecule has 26 heavy (non-hydrogen) atoms. The molecule has 1 heterocycles. The molecule has 0 bridgehead atoms. The number of benzene rings is 1. The quantitative estimate of drug-likeness (QED) is 0.515. The molecule has 0 fully saturated rings. The number of rotatable bonds is 9. The van der Waals surface area contributed by atoms with Crippen LogP contribution in [0, 0.1) is 6.92 Å². The molecule has 2 rings (SSSR count). The van der Waals surface area contributed by atoms with Gasteiger partial charge < -0.3 is 15.7 Å². The molecule has 0 aliphatic heterocycles. The summed E-state index contributed by atoms with van der Waals surface area (Å²) in [6.07, 6.45) is 3.01. The minimum absolute atomic E-state index is 0.149. The number of aliphatic hydroxyl groups is 1. The van der Waals surface area contributed by atoms with E-state index >= 15 is 0 Å².